The van der Waals surface area contributed by atoms with Crippen LogP contribution in [0.1, 0.15) is 31.2 Å². The topological polar surface area (TPSA) is 49.4 Å². The standard InChI is InChI=1S/C18H20N2O2/c1-2-13-4-3-5-16(12-13)19-17(21)14-8-10-20(11-9-14)18(22)15-6-7-15/h1,3-5,12,14-15H,6-11H2,(H,19,21). The smallest absolute Gasteiger partial charge is 0.227 e. The fourth-order valence-electron chi connectivity index (χ4n) is 2.88. The lowest BCUT2D eigenvalue weighted by atomic mass is 9.95. The van der Waals surface area contributed by atoms with Crippen LogP contribution >= 0.6 is 0 Å². The summed E-state index contributed by atoms with van der Waals surface area (Å²) in [4.78, 5) is 26.2. The van der Waals surface area contributed by atoms with Crippen LogP contribution < -0.4 is 5.32 Å². The summed E-state index contributed by atoms with van der Waals surface area (Å²) >= 11 is 0. The number of anilines is 1. The third-order valence-corrected chi connectivity index (χ3v) is 4.40. The zero-order valence-corrected chi connectivity index (χ0v) is 12.5. The third kappa shape index (κ3) is 3.30. The van der Waals surface area contributed by atoms with E-state index < -0.39 is 0 Å². The molecule has 1 aliphatic heterocycles. The van der Waals surface area contributed by atoms with Gasteiger partial charge in [0.05, 0.1) is 0 Å². The molecule has 114 valence electrons. The van der Waals surface area contributed by atoms with E-state index in [4.69, 9.17) is 6.42 Å². The van der Waals surface area contributed by atoms with Gasteiger partial charge in [-0.15, -0.1) is 6.42 Å². The molecule has 1 aromatic carbocycles. The Hall–Kier alpha value is -2.28. The monoisotopic (exact) mass is 296 g/mol. The molecule has 0 atom stereocenters. The number of nitrogens with one attached hydrogen (secondary N) is 1. The van der Waals surface area contributed by atoms with Crippen LogP contribution in [0.4, 0.5) is 5.69 Å². The minimum absolute atomic E-state index is 0.0210. The average Bonchev–Trinajstić information content (AvgIpc) is 3.39. The lowest BCUT2D eigenvalue weighted by Crippen LogP contribution is -2.42. The molecule has 0 spiro atoms. The van der Waals surface area contributed by atoms with Crippen molar-refractivity contribution in [3.63, 3.8) is 0 Å². The number of terminal acetylenes is 1. The normalized spacial score (nSPS) is 18.6. The molecule has 4 heteroatoms. The maximum Gasteiger partial charge on any atom is 0.227 e. The fourth-order valence-corrected chi connectivity index (χ4v) is 2.88. The lowest BCUT2D eigenvalue weighted by Gasteiger charge is -2.31. The summed E-state index contributed by atoms with van der Waals surface area (Å²) in [6, 6.07) is 7.30. The molecule has 1 N–H and O–H groups in total. The molecule has 2 amide bonds. The predicted molar refractivity (Wildman–Crippen MR) is 85.0 cm³/mol. The minimum Gasteiger partial charge on any atom is -0.342 e. The van der Waals surface area contributed by atoms with Gasteiger partial charge in [0, 0.05) is 36.2 Å². The minimum atomic E-state index is -0.0299. The molecule has 1 saturated carbocycles. The van der Waals surface area contributed by atoms with Gasteiger partial charge < -0.3 is 10.2 Å². The molecule has 22 heavy (non-hydrogen) atoms. The van der Waals surface area contributed by atoms with Crippen LogP contribution in [0.3, 0.4) is 0 Å². The van der Waals surface area contributed by atoms with Gasteiger partial charge in [-0.2, -0.15) is 0 Å². The van der Waals surface area contributed by atoms with Gasteiger partial charge in [0.2, 0.25) is 11.8 Å². The Kier molecular flexibility index (Phi) is 4.15. The molecule has 0 radical (unpaired) electrons. The molecule has 2 fully saturated rings. The molecule has 1 saturated heterocycles. The van der Waals surface area contributed by atoms with Crippen molar-refractivity contribution in [1.82, 2.24) is 4.90 Å². The first kappa shape index (κ1) is 14.6. The van der Waals surface area contributed by atoms with Crippen molar-refractivity contribution >= 4 is 17.5 Å². The first-order valence-electron chi connectivity index (χ1n) is 7.83. The summed E-state index contributed by atoms with van der Waals surface area (Å²) in [6.07, 6.45) is 8.90. The molecular formula is C18H20N2O2. The van der Waals surface area contributed by atoms with Gasteiger partial charge in [-0.3, -0.25) is 9.59 Å². The van der Waals surface area contributed by atoms with Gasteiger partial charge in [0.15, 0.2) is 0 Å². The van der Waals surface area contributed by atoms with E-state index in [0.717, 1.165) is 36.9 Å². The van der Waals surface area contributed by atoms with Crippen molar-refractivity contribution in [3.8, 4) is 12.3 Å². The Morgan fingerprint density at radius 1 is 1.14 bits per heavy atom. The number of nitrogens with zero attached hydrogens (tertiary/aromatic N) is 1. The average molecular weight is 296 g/mol. The van der Waals surface area contributed by atoms with E-state index in [-0.39, 0.29) is 23.7 Å². The number of carbonyl (C=O) groups excluding carboxylic acids is 2. The Morgan fingerprint density at radius 2 is 1.86 bits per heavy atom. The van der Waals surface area contributed by atoms with Gasteiger partial charge in [-0.05, 0) is 43.9 Å². The Labute approximate surface area is 130 Å². The van der Waals surface area contributed by atoms with Crippen LogP contribution in [0.2, 0.25) is 0 Å². The molecule has 0 aromatic heterocycles. The number of amides is 2. The molecule has 0 bridgehead atoms. The molecule has 1 aliphatic carbocycles. The summed E-state index contributed by atoms with van der Waals surface area (Å²) in [7, 11) is 0. The van der Waals surface area contributed by atoms with Gasteiger partial charge in [-0.25, -0.2) is 0 Å². The highest BCUT2D eigenvalue weighted by atomic mass is 16.2. The Morgan fingerprint density at radius 3 is 2.50 bits per heavy atom. The molecule has 2 aliphatic rings. The van der Waals surface area contributed by atoms with Crippen molar-refractivity contribution in [2.75, 3.05) is 18.4 Å². The van der Waals surface area contributed by atoms with Crippen LogP contribution in [-0.2, 0) is 9.59 Å². The molecule has 3 rings (SSSR count). The highest BCUT2D eigenvalue weighted by Crippen LogP contribution is 2.32. The number of piperidine rings is 1. The zero-order chi connectivity index (χ0) is 15.5. The van der Waals surface area contributed by atoms with E-state index in [0.29, 0.717) is 13.1 Å². The van der Waals surface area contributed by atoms with E-state index in [2.05, 4.69) is 11.2 Å². The first-order valence-corrected chi connectivity index (χ1v) is 7.83. The number of likely N-dealkylation sites (tertiary alicyclic amines) is 1. The SMILES string of the molecule is C#Cc1cccc(NC(=O)C2CCN(C(=O)C3CC3)CC2)c1. The second kappa shape index (κ2) is 6.23. The Bertz CT molecular complexity index is 620. The van der Waals surface area contributed by atoms with Crippen molar-refractivity contribution in [1.29, 1.82) is 0 Å². The van der Waals surface area contributed by atoms with Crippen molar-refractivity contribution in [2.45, 2.75) is 25.7 Å². The van der Waals surface area contributed by atoms with Crippen LogP contribution in [0.25, 0.3) is 0 Å². The van der Waals surface area contributed by atoms with Crippen LogP contribution in [0, 0.1) is 24.2 Å². The Balaban J connectivity index is 1.53. The maximum atomic E-state index is 12.3. The van der Waals surface area contributed by atoms with Crippen LogP contribution in [0.15, 0.2) is 24.3 Å². The quantitative estimate of drug-likeness (QED) is 0.870. The second-order valence-electron chi connectivity index (χ2n) is 6.09. The molecule has 4 nitrogen and oxygen atoms in total. The van der Waals surface area contributed by atoms with Gasteiger partial charge in [-0.1, -0.05) is 12.0 Å². The largest absolute Gasteiger partial charge is 0.342 e. The molecule has 1 aromatic rings. The van der Waals surface area contributed by atoms with E-state index in [9.17, 15) is 9.59 Å². The number of rotatable bonds is 3. The summed E-state index contributed by atoms with van der Waals surface area (Å²) in [5.74, 6) is 3.09. The number of hydrogen-bond acceptors (Lipinski definition) is 2. The van der Waals surface area contributed by atoms with Crippen LogP contribution in [-0.4, -0.2) is 29.8 Å². The predicted octanol–water partition coefficient (Wildman–Crippen LogP) is 2.26. The number of hydrogen-bond donors (Lipinski definition) is 1. The summed E-state index contributed by atoms with van der Waals surface area (Å²) in [5.41, 5.74) is 1.49. The van der Waals surface area contributed by atoms with E-state index >= 15 is 0 Å². The molecule has 0 unspecified atom stereocenters. The fraction of sp³-hybridized carbons (Fsp3) is 0.444. The first-order chi connectivity index (χ1) is 10.7. The van der Waals surface area contributed by atoms with Gasteiger partial charge in [0.25, 0.3) is 0 Å². The highest BCUT2D eigenvalue weighted by Gasteiger charge is 2.35. The van der Waals surface area contributed by atoms with Crippen LogP contribution in [0.5, 0.6) is 0 Å². The maximum absolute atomic E-state index is 12.3. The van der Waals surface area contributed by atoms with Gasteiger partial charge in [0.1, 0.15) is 0 Å². The number of carbonyl (C=O) groups is 2. The lowest BCUT2D eigenvalue weighted by molar-refractivity contribution is -0.135. The second-order valence-corrected chi connectivity index (χ2v) is 6.09. The molecule has 1 heterocycles. The van der Waals surface area contributed by atoms with Crippen molar-refractivity contribution < 1.29 is 9.59 Å². The van der Waals surface area contributed by atoms with Crippen molar-refractivity contribution in [3.05, 3.63) is 29.8 Å². The number of benzene rings is 1. The van der Waals surface area contributed by atoms with E-state index in [1.807, 2.05) is 23.1 Å². The third-order valence-electron chi connectivity index (χ3n) is 4.40. The zero-order valence-electron chi connectivity index (χ0n) is 12.5. The summed E-state index contributed by atoms with van der Waals surface area (Å²) in [6.45, 7) is 1.38. The van der Waals surface area contributed by atoms with E-state index in [1.54, 1.807) is 6.07 Å². The van der Waals surface area contributed by atoms with Gasteiger partial charge >= 0.3 is 0 Å². The summed E-state index contributed by atoms with van der Waals surface area (Å²) in [5, 5.41) is 2.93. The summed E-state index contributed by atoms with van der Waals surface area (Å²) < 4.78 is 0. The van der Waals surface area contributed by atoms with E-state index in [1.165, 1.54) is 0 Å². The highest BCUT2D eigenvalue weighted by molar-refractivity contribution is 5.93. The van der Waals surface area contributed by atoms with Crippen molar-refractivity contribution in [2.24, 2.45) is 11.8 Å². The molecular weight excluding hydrogens is 276 g/mol.